The predicted octanol–water partition coefficient (Wildman–Crippen LogP) is 3.73. The summed E-state index contributed by atoms with van der Waals surface area (Å²) in [5.74, 6) is 0.235. The highest BCUT2D eigenvalue weighted by Gasteiger charge is 2.10. The van der Waals surface area contributed by atoms with Crippen LogP contribution in [0.15, 0.2) is 18.2 Å². The molecule has 0 N–H and O–H groups in total. The van der Waals surface area contributed by atoms with Crippen molar-refractivity contribution in [3.63, 3.8) is 0 Å². The molecule has 19 heavy (non-hydrogen) atoms. The summed E-state index contributed by atoms with van der Waals surface area (Å²) in [6.45, 7) is 8.16. The summed E-state index contributed by atoms with van der Waals surface area (Å²) >= 11 is 1.63. The minimum absolute atomic E-state index is 0.235. The zero-order chi connectivity index (χ0) is 14.0. The smallest absolute Gasteiger partial charge is 0.144 e. The number of carbonyl (C=O) groups is 1. The van der Waals surface area contributed by atoms with Gasteiger partial charge in [-0.25, -0.2) is 4.98 Å². The number of hydrogen-bond donors (Lipinski definition) is 0. The van der Waals surface area contributed by atoms with E-state index in [1.165, 1.54) is 16.0 Å². The molecular formula is C16H19NOS. The highest BCUT2D eigenvalue weighted by molar-refractivity contribution is 7.11. The third-order valence-corrected chi connectivity index (χ3v) is 4.18. The Morgan fingerprint density at radius 3 is 2.21 bits per heavy atom. The van der Waals surface area contributed by atoms with Gasteiger partial charge in [0, 0.05) is 11.3 Å². The van der Waals surface area contributed by atoms with Gasteiger partial charge < -0.3 is 0 Å². The van der Waals surface area contributed by atoms with Gasteiger partial charge in [-0.15, -0.1) is 11.3 Å². The predicted molar refractivity (Wildman–Crippen MR) is 79.9 cm³/mol. The average Bonchev–Trinajstić information content (AvgIpc) is 2.55. The number of carbonyl (C=O) groups excluding carboxylic acids is 1. The largest absolute Gasteiger partial charge is 0.299 e. The Kier molecular flexibility index (Phi) is 4.15. The maximum Gasteiger partial charge on any atom is 0.144 e. The third-order valence-electron chi connectivity index (χ3n) is 3.10. The number of ketones is 1. The summed E-state index contributed by atoms with van der Waals surface area (Å²) in [7, 11) is 0. The van der Waals surface area contributed by atoms with Gasteiger partial charge in [-0.05, 0) is 33.3 Å². The zero-order valence-corrected chi connectivity index (χ0v) is 12.7. The summed E-state index contributed by atoms with van der Waals surface area (Å²) in [6, 6.07) is 6.30. The fourth-order valence-corrected chi connectivity index (χ4v) is 3.21. The molecule has 1 heterocycles. The van der Waals surface area contributed by atoms with Crippen LogP contribution < -0.4 is 0 Å². The number of rotatable bonds is 4. The summed E-state index contributed by atoms with van der Waals surface area (Å²) in [5.41, 5.74) is 4.57. The highest BCUT2D eigenvalue weighted by atomic mass is 32.1. The van der Waals surface area contributed by atoms with Crippen molar-refractivity contribution in [2.24, 2.45) is 0 Å². The molecule has 0 bridgehead atoms. The third kappa shape index (κ3) is 3.74. The molecule has 0 saturated heterocycles. The lowest BCUT2D eigenvalue weighted by atomic mass is 10.0. The van der Waals surface area contributed by atoms with Crippen LogP contribution in [-0.2, 0) is 17.6 Å². The fourth-order valence-electron chi connectivity index (χ4n) is 2.24. The Labute approximate surface area is 118 Å². The van der Waals surface area contributed by atoms with Gasteiger partial charge in [-0.3, -0.25) is 4.79 Å². The maximum atomic E-state index is 12.1. The van der Waals surface area contributed by atoms with Crippen LogP contribution in [0.2, 0.25) is 0 Å². The van der Waals surface area contributed by atoms with E-state index in [9.17, 15) is 4.79 Å². The monoisotopic (exact) mass is 273 g/mol. The molecule has 100 valence electrons. The molecule has 0 aliphatic carbocycles. The molecule has 0 spiro atoms. The molecule has 0 atom stereocenters. The first-order valence-electron chi connectivity index (χ1n) is 6.46. The first kappa shape index (κ1) is 13.9. The molecule has 0 amide bonds. The lowest BCUT2D eigenvalue weighted by Gasteiger charge is -2.03. The topological polar surface area (TPSA) is 30.0 Å². The van der Waals surface area contributed by atoms with Crippen molar-refractivity contribution in [3.8, 4) is 0 Å². The van der Waals surface area contributed by atoms with Gasteiger partial charge >= 0.3 is 0 Å². The van der Waals surface area contributed by atoms with Gasteiger partial charge in [0.2, 0.25) is 0 Å². The van der Waals surface area contributed by atoms with E-state index in [4.69, 9.17) is 0 Å². The van der Waals surface area contributed by atoms with E-state index >= 15 is 0 Å². The number of Topliss-reactive ketones (excluding diaryl/α,β-unsaturated/α-hetero) is 1. The second kappa shape index (κ2) is 5.66. The highest BCUT2D eigenvalue weighted by Crippen LogP contribution is 2.18. The van der Waals surface area contributed by atoms with E-state index in [0.717, 1.165) is 16.3 Å². The van der Waals surface area contributed by atoms with Crippen LogP contribution in [0, 0.1) is 27.7 Å². The Bertz CT molecular complexity index is 573. The summed E-state index contributed by atoms with van der Waals surface area (Å²) in [4.78, 5) is 17.7. The van der Waals surface area contributed by atoms with Gasteiger partial charge in [-0.1, -0.05) is 29.3 Å². The standard InChI is InChI=1S/C16H19NOS/c1-10-5-11(2)7-14(6-10)8-15(18)9-16-17-12(3)13(4)19-16/h5-7H,8-9H2,1-4H3. The Balaban J connectivity index is 2.05. The minimum atomic E-state index is 0.235. The van der Waals surface area contributed by atoms with Crippen LogP contribution in [0.25, 0.3) is 0 Å². The summed E-state index contributed by atoms with van der Waals surface area (Å²) < 4.78 is 0. The van der Waals surface area contributed by atoms with Crippen molar-refractivity contribution in [1.82, 2.24) is 4.98 Å². The molecule has 0 unspecified atom stereocenters. The van der Waals surface area contributed by atoms with Crippen LogP contribution in [0.5, 0.6) is 0 Å². The first-order valence-corrected chi connectivity index (χ1v) is 7.27. The van der Waals surface area contributed by atoms with Crippen molar-refractivity contribution >= 4 is 17.1 Å². The van der Waals surface area contributed by atoms with Gasteiger partial charge in [0.1, 0.15) is 10.8 Å². The molecule has 1 aromatic heterocycles. The molecule has 1 aromatic carbocycles. The first-order chi connectivity index (χ1) is 8.94. The maximum absolute atomic E-state index is 12.1. The molecule has 0 fully saturated rings. The quantitative estimate of drug-likeness (QED) is 0.849. The Morgan fingerprint density at radius 2 is 1.68 bits per heavy atom. The number of aryl methyl sites for hydroxylation is 4. The molecule has 3 heteroatoms. The van der Waals surface area contributed by atoms with Crippen molar-refractivity contribution in [3.05, 3.63) is 50.5 Å². The lowest BCUT2D eigenvalue weighted by molar-refractivity contribution is -0.117. The van der Waals surface area contributed by atoms with E-state index < -0.39 is 0 Å². The zero-order valence-electron chi connectivity index (χ0n) is 11.9. The number of nitrogens with zero attached hydrogens (tertiary/aromatic N) is 1. The number of aromatic nitrogens is 1. The van der Waals surface area contributed by atoms with E-state index in [1.807, 2.05) is 13.8 Å². The molecule has 0 aliphatic heterocycles. The van der Waals surface area contributed by atoms with Gasteiger partial charge in [0.15, 0.2) is 0 Å². The van der Waals surface area contributed by atoms with Crippen molar-refractivity contribution in [2.45, 2.75) is 40.5 Å². The lowest BCUT2D eigenvalue weighted by Crippen LogP contribution is -2.06. The van der Waals surface area contributed by atoms with Crippen LogP contribution >= 0.6 is 11.3 Å². The molecule has 2 aromatic rings. The van der Waals surface area contributed by atoms with E-state index in [2.05, 4.69) is 37.0 Å². The van der Waals surface area contributed by atoms with E-state index in [1.54, 1.807) is 11.3 Å². The molecular weight excluding hydrogens is 254 g/mol. The van der Waals surface area contributed by atoms with Crippen molar-refractivity contribution < 1.29 is 4.79 Å². The minimum Gasteiger partial charge on any atom is -0.299 e. The number of benzene rings is 1. The van der Waals surface area contributed by atoms with Gasteiger partial charge in [0.05, 0.1) is 12.1 Å². The van der Waals surface area contributed by atoms with E-state index in [-0.39, 0.29) is 5.78 Å². The Hall–Kier alpha value is -1.48. The van der Waals surface area contributed by atoms with Crippen LogP contribution in [0.4, 0.5) is 0 Å². The van der Waals surface area contributed by atoms with Crippen LogP contribution in [-0.4, -0.2) is 10.8 Å². The fraction of sp³-hybridized carbons (Fsp3) is 0.375. The molecule has 2 nitrogen and oxygen atoms in total. The molecule has 0 saturated carbocycles. The molecule has 0 aliphatic rings. The number of hydrogen-bond acceptors (Lipinski definition) is 3. The summed E-state index contributed by atoms with van der Waals surface area (Å²) in [6.07, 6.45) is 0.951. The number of thiazole rings is 1. The van der Waals surface area contributed by atoms with Crippen LogP contribution in [0.1, 0.15) is 32.3 Å². The van der Waals surface area contributed by atoms with E-state index in [0.29, 0.717) is 12.8 Å². The summed E-state index contributed by atoms with van der Waals surface area (Å²) in [5, 5.41) is 0.935. The SMILES string of the molecule is Cc1cc(C)cc(CC(=O)Cc2nc(C)c(C)s2)c1. The second-order valence-corrected chi connectivity index (χ2v) is 6.43. The molecule has 2 rings (SSSR count). The average molecular weight is 273 g/mol. The molecule has 0 radical (unpaired) electrons. The van der Waals surface area contributed by atoms with Crippen molar-refractivity contribution in [2.75, 3.05) is 0 Å². The van der Waals surface area contributed by atoms with Crippen molar-refractivity contribution in [1.29, 1.82) is 0 Å². The normalized spacial score (nSPS) is 10.7. The Morgan fingerprint density at radius 1 is 1.05 bits per heavy atom. The van der Waals surface area contributed by atoms with Gasteiger partial charge in [-0.2, -0.15) is 0 Å². The second-order valence-electron chi connectivity index (χ2n) is 5.14. The van der Waals surface area contributed by atoms with Crippen LogP contribution in [0.3, 0.4) is 0 Å². The van der Waals surface area contributed by atoms with Gasteiger partial charge in [0.25, 0.3) is 0 Å².